The first-order valence-corrected chi connectivity index (χ1v) is 11.2. The summed E-state index contributed by atoms with van der Waals surface area (Å²) in [4.78, 5) is 42.4. The Hall–Kier alpha value is -1.39. The van der Waals surface area contributed by atoms with E-state index in [4.69, 9.17) is 19.0 Å². The topological polar surface area (TPSA) is 100 Å². The van der Waals surface area contributed by atoms with Gasteiger partial charge in [-0.25, -0.2) is 0 Å². The Morgan fingerprint density at radius 2 is 1.20 bits per heavy atom. The van der Waals surface area contributed by atoms with Gasteiger partial charge in [0.1, 0.15) is 7.11 Å². The zero-order chi connectivity index (χ0) is 23.9. The predicted molar refractivity (Wildman–Crippen MR) is 122 cm³/mol. The molecule has 0 amide bonds. The van der Waals surface area contributed by atoms with Crippen LogP contribution in [-0.4, -0.2) is 54.0 Å². The van der Waals surface area contributed by atoms with E-state index in [1.54, 1.807) is 62.3 Å². The fourth-order valence-corrected chi connectivity index (χ4v) is 2.44. The largest absolute Gasteiger partial charge is 0.457 e. The minimum Gasteiger partial charge on any atom is -0.457 e. The van der Waals surface area contributed by atoms with E-state index in [0.29, 0.717) is 4.43 Å². The van der Waals surface area contributed by atoms with E-state index in [2.05, 4.69) is 5.16 Å². The molecule has 30 heavy (non-hydrogen) atoms. The van der Waals surface area contributed by atoms with Crippen molar-refractivity contribution < 1.29 is 33.4 Å². The van der Waals surface area contributed by atoms with Gasteiger partial charge in [-0.1, -0.05) is 27.7 Å². The summed E-state index contributed by atoms with van der Waals surface area (Å²) in [6, 6.07) is 0. The third-order valence-corrected chi connectivity index (χ3v) is 4.61. The second-order valence-corrected chi connectivity index (χ2v) is 10.9. The van der Waals surface area contributed by atoms with E-state index in [1.165, 1.54) is 13.3 Å². The van der Waals surface area contributed by atoms with Crippen molar-refractivity contribution in [3.05, 3.63) is 0 Å². The van der Waals surface area contributed by atoms with Gasteiger partial charge in [0.05, 0.1) is 22.5 Å². The third kappa shape index (κ3) is 9.61. The molecule has 0 bridgehead atoms. The molecular weight excluding hydrogens is 505 g/mol. The number of oxime groups is 1. The molecule has 174 valence electrons. The molecule has 0 N–H and O–H groups in total. The molecule has 0 radical (unpaired) electrons. The van der Waals surface area contributed by atoms with Gasteiger partial charge in [-0.15, -0.1) is 0 Å². The van der Waals surface area contributed by atoms with Gasteiger partial charge < -0.3 is 19.0 Å². The molecule has 3 atom stereocenters. The third-order valence-electron chi connectivity index (χ3n) is 3.74. The fourth-order valence-electron chi connectivity index (χ4n) is 1.76. The molecule has 0 aromatic carbocycles. The van der Waals surface area contributed by atoms with Gasteiger partial charge in [-0.2, -0.15) is 0 Å². The Bertz CT molecular complexity index is 627. The van der Waals surface area contributed by atoms with Crippen LogP contribution >= 0.6 is 22.6 Å². The van der Waals surface area contributed by atoms with E-state index >= 15 is 0 Å². The Morgan fingerprint density at radius 1 is 0.800 bits per heavy atom. The van der Waals surface area contributed by atoms with Crippen molar-refractivity contribution in [2.24, 2.45) is 21.4 Å². The quantitative estimate of drug-likeness (QED) is 0.115. The number of ether oxygens (including phenoxy) is 3. The lowest BCUT2D eigenvalue weighted by molar-refractivity contribution is -0.188. The highest BCUT2D eigenvalue weighted by Crippen LogP contribution is 2.26. The van der Waals surface area contributed by atoms with Crippen LogP contribution in [0, 0.1) is 16.2 Å². The van der Waals surface area contributed by atoms with Gasteiger partial charge in [0.15, 0.2) is 18.3 Å². The Morgan fingerprint density at radius 3 is 1.57 bits per heavy atom. The molecule has 0 aliphatic heterocycles. The van der Waals surface area contributed by atoms with Crippen molar-refractivity contribution in [2.75, 3.05) is 11.5 Å². The monoisotopic (exact) mass is 541 g/mol. The zero-order valence-corrected chi connectivity index (χ0v) is 21.9. The highest BCUT2D eigenvalue weighted by atomic mass is 127. The highest BCUT2D eigenvalue weighted by molar-refractivity contribution is 14.1. The normalized spacial score (nSPS) is 15.8. The van der Waals surface area contributed by atoms with Crippen LogP contribution in [0.3, 0.4) is 0 Å². The summed E-state index contributed by atoms with van der Waals surface area (Å²) in [6.45, 7) is 15.4. The SMILES string of the molecule is CO/N=C/[C@H](OC(=O)C(C)(C)C)[C@@H](OC(=O)C(C)(C)C)[C@H](CI)OC(=O)C(C)(C)C. The maximum Gasteiger partial charge on any atom is 0.312 e. The van der Waals surface area contributed by atoms with E-state index in [9.17, 15) is 14.4 Å². The van der Waals surface area contributed by atoms with Crippen LogP contribution in [0.15, 0.2) is 5.16 Å². The molecule has 0 saturated carbocycles. The van der Waals surface area contributed by atoms with Gasteiger partial charge in [0.2, 0.25) is 0 Å². The van der Waals surface area contributed by atoms with Crippen LogP contribution in [0.5, 0.6) is 0 Å². The van der Waals surface area contributed by atoms with Crippen LogP contribution < -0.4 is 0 Å². The molecule has 0 rings (SSSR count). The standard InChI is InChI=1S/C21H36INO7/c1-19(2,3)16(24)28-13(11-22)15(30-18(26)21(7,8)9)14(12-23-27-10)29-17(25)20(4,5)6/h12-15H,11H2,1-10H3/b23-12+/t13-,14-,15-/m0/s1. The molecule has 0 spiro atoms. The minimum absolute atomic E-state index is 0.298. The van der Waals surface area contributed by atoms with Crippen LogP contribution in [0.25, 0.3) is 0 Å². The average molecular weight is 541 g/mol. The summed E-state index contributed by atoms with van der Waals surface area (Å²) < 4.78 is 17.3. The predicted octanol–water partition coefficient (Wildman–Crippen LogP) is 3.93. The number of hydrogen-bond donors (Lipinski definition) is 0. The minimum atomic E-state index is -1.12. The van der Waals surface area contributed by atoms with Crippen LogP contribution in [-0.2, 0) is 33.4 Å². The maximum atomic E-state index is 12.7. The smallest absolute Gasteiger partial charge is 0.312 e. The second kappa shape index (κ2) is 11.3. The number of carbonyl (C=O) groups is 3. The lowest BCUT2D eigenvalue weighted by atomic mass is 9.96. The summed E-state index contributed by atoms with van der Waals surface area (Å²) in [7, 11) is 1.34. The number of halogens is 1. The maximum absolute atomic E-state index is 12.7. The molecule has 0 aliphatic rings. The molecule has 0 heterocycles. The van der Waals surface area contributed by atoms with Gasteiger partial charge in [-0.05, 0) is 62.3 Å². The molecule has 0 aromatic heterocycles. The highest BCUT2D eigenvalue weighted by Gasteiger charge is 2.41. The van der Waals surface area contributed by atoms with Crippen molar-refractivity contribution in [2.45, 2.75) is 80.6 Å². The number of hydrogen-bond acceptors (Lipinski definition) is 8. The molecule has 0 saturated heterocycles. The lowest BCUT2D eigenvalue weighted by Gasteiger charge is -2.34. The van der Waals surface area contributed by atoms with Crippen molar-refractivity contribution in [3.8, 4) is 0 Å². The number of alkyl halides is 1. The number of nitrogens with zero attached hydrogens (tertiary/aromatic N) is 1. The van der Waals surface area contributed by atoms with Gasteiger partial charge in [-0.3, -0.25) is 14.4 Å². The van der Waals surface area contributed by atoms with Gasteiger partial charge >= 0.3 is 17.9 Å². The van der Waals surface area contributed by atoms with Crippen molar-refractivity contribution >= 4 is 46.7 Å². The summed E-state index contributed by atoms with van der Waals surface area (Å²) in [5.41, 5.74) is -2.39. The molecule has 8 nitrogen and oxygen atoms in total. The number of esters is 3. The Balaban J connectivity index is 6.14. The molecule has 0 aromatic rings. The summed E-state index contributed by atoms with van der Waals surface area (Å²) >= 11 is 2.03. The molecule has 0 unspecified atom stereocenters. The van der Waals surface area contributed by atoms with Crippen molar-refractivity contribution in [3.63, 3.8) is 0 Å². The van der Waals surface area contributed by atoms with Crippen molar-refractivity contribution in [1.82, 2.24) is 0 Å². The van der Waals surface area contributed by atoms with E-state index in [1.807, 2.05) is 22.6 Å². The Labute approximate surface area is 193 Å². The average Bonchev–Trinajstić information content (AvgIpc) is 2.58. The summed E-state index contributed by atoms with van der Waals surface area (Å²) in [6.07, 6.45) is -1.86. The second-order valence-electron chi connectivity index (χ2n) is 10.0. The fraction of sp³-hybridized carbons (Fsp3) is 0.810. The van der Waals surface area contributed by atoms with Crippen LogP contribution in [0.4, 0.5) is 0 Å². The molecule has 0 aliphatic carbocycles. The van der Waals surface area contributed by atoms with Gasteiger partial charge in [0.25, 0.3) is 0 Å². The first kappa shape index (κ1) is 28.6. The molecule has 0 fully saturated rings. The van der Waals surface area contributed by atoms with E-state index < -0.39 is 52.5 Å². The molecule has 9 heteroatoms. The van der Waals surface area contributed by atoms with E-state index in [-0.39, 0.29) is 0 Å². The zero-order valence-electron chi connectivity index (χ0n) is 19.7. The summed E-state index contributed by atoms with van der Waals surface area (Å²) in [5.74, 6) is -1.52. The first-order valence-electron chi connectivity index (χ1n) is 9.71. The van der Waals surface area contributed by atoms with Crippen molar-refractivity contribution in [1.29, 1.82) is 0 Å². The number of carbonyl (C=O) groups excluding carboxylic acids is 3. The lowest BCUT2D eigenvalue weighted by Crippen LogP contribution is -2.50. The summed E-state index contributed by atoms with van der Waals surface area (Å²) in [5, 5.41) is 3.71. The van der Waals surface area contributed by atoms with Crippen LogP contribution in [0.2, 0.25) is 0 Å². The van der Waals surface area contributed by atoms with Crippen LogP contribution in [0.1, 0.15) is 62.3 Å². The molecular formula is C21H36INO7. The Kier molecular flexibility index (Phi) is 10.8. The van der Waals surface area contributed by atoms with Gasteiger partial charge in [0, 0.05) is 4.43 Å². The number of rotatable bonds is 8. The van der Waals surface area contributed by atoms with E-state index in [0.717, 1.165) is 0 Å². The first-order chi connectivity index (χ1) is 13.4.